The van der Waals surface area contributed by atoms with Crippen molar-refractivity contribution in [3.05, 3.63) is 0 Å². The standard InChI is InChI=1S/C36H46F26NO8P/c1-63(2,3)18-19-69-72(66,67)70-21-22(71-24(65)15-11-7-5-9-13-17-26(39,40)28(43,44)30(47,48)32(51,52)34(55,56)36(60,61)62)20-68-23(64)14-10-6-4-8-12-16-25(37,38)27(41,42)29(45,46)31(49,50)33(53,54)35(57,58)59/h22H,4-21H2,1-3H3/t22-/m1/s1. The number of phosphoric acid groups is 1. The fourth-order valence-corrected chi connectivity index (χ4v) is 6.20. The van der Waals surface area contributed by atoms with E-state index in [1.54, 1.807) is 21.1 Å². The molecule has 0 bridgehead atoms. The van der Waals surface area contributed by atoms with Crippen molar-refractivity contribution in [3.63, 3.8) is 0 Å². The number of nitrogens with zero attached hydrogens (tertiary/aromatic N) is 1. The van der Waals surface area contributed by atoms with E-state index >= 15 is 0 Å². The normalized spacial score (nSPS) is 16.1. The van der Waals surface area contributed by atoms with Crippen molar-refractivity contribution in [2.24, 2.45) is 0 Å². The Kier molecular flexibility index (Phi) is 23.5. The predicted octanol–water partition coefficient (Wildman–Crippen LogP) is 12.6. The van der Waals surface area contributed by atoms with E-state index in [1.807, 2.05) is 0 Å². The van der Waals surface area contributed by atoms with Crippen LogP contribution in [0.15, 0.2) is 0 Å². The number of hydrogen-bond donors (Lipinski definition) is 0. The average Bonchev–Trinajstić information content (AvgIpc) is 3.18. The Morgan fingerprint density at radius 2 is 0.764 bits per heavy atom. The van der Waals surface area contributed by atoms with Crippen LogP contribution in [0.25, 0.3) is 0 Å². The van der Waals surface area contributed by atoms with Gasteiger partial charge in [0.1, 0.15) is 19.8 Å². The number of phosphoric ester groups is 1. The molecule has 0 aromatic rings. The lowest BCUT2D eigenvalue weighted by Gasteiger charge is -2.39. The lowest BCUT2D eigenvalue weighted by molar-refractivity contribution is -0.870. The summed E-state index contributed by atoms with van der Waals surface area (Å²) in [5, 5.41) is 0. The summed E-state index contributed by atoms with van der Waals surface area (Å²) in [4.78, 5) is 37.0. The van der Waals surface area contributed by atoms with E-state index < -0.39 is 169 Å². The minimum atomic E-state index is -8.06. The van der Waals surface area contributed by atoms with E-state index in [0.29, 0.717) is 0 Å². The topological polar surface area (TPSA) is 111 Å². The van der Waals surface area contributed by atoms with E-state index in [9.17, 15) is 133 Å². The second-order valence-electron chi connectivity index (χ2n) is 16.9. The molecule has 0 amide bonds. The number of halogens is 26. The molecule has 72 heavy (non-hydrogen) atoms. The molecular formula is C36H46F26NO8P. The molecule has 0 saturated carbocycles. The Morgan fingerprint density at radius 3 is 1.11 bits per heavy atom. The van der Waals surface area contributed by atoms with Crippen molar-refractivity contribution in [1.29, 1.82) is 0 Å². The van der Waals surface area contributed by atoms with Gasteiger partial charge in [-0.25, -0.2) is 0 Å². The van der Waals surface area contributed by atoms with Crippen molar-refractivity contribution >= 4 is 19.8 Å². The Labute approximate surface area is 391 Å². The Bertz CT molecular complexity index is 1770. The first kappa shape index (κ1) is 69.2. The molecule has 0 aliphatic rings. The van der Waals surface area contributed by atoms with Gasteiger partial charge in [0.2, 0.25) is 0 Å². The number of unbranched alkanes of at least 4 members (excludes halogenated alkanes) is 8. The first-order valence-corrected chi connectivity index (χ1v) is 21.9. The summed E-state index contributed by atoms with van der Waals surface area (Å²) in [7, 11) is -0.258. The second kappa shape index (κ2) is 24.5. The molecule has 0 aromatic heterocycles. The molecule has 0 fully saturated rings. The predicted molar refractivity (Wildman–Crippen MR) is 189 cm³/mol. The van der Waals surface area contributed by atoms with Crippen LogP contribution in [0.1, 0.15) is 89.9 Å². The Morgan fingerprint density at radius 1 is 0.444 bits per heavy atom. The van der Waals surface area contributed by atoms with Crippen LogP contribution < -0.4 is 4.89 Å². The summed E-state index contributed by atoms with van der Waals surface area (Å²) in [5.74, 6) is -77.6. The van der Waals surface area contributed by atoms with Crippen LogP contribution in [0, 0.1) is 0 Å². The van der Waals surface area contributed by atoms with Crippen LogP contribution in [0.3, 0.4) is 0 Å². The van der Waals surface area contributed by atoms with Gasteiger partial charge in [-0.3, -0.25) is 14.2 Å². The van der Waals surface area contributed by atoms with Crippen LogP contribution >= 0.6 is 7.82 Å². The fourth-order valence-electron chi connectivity index (χ4n) is 5.47. The summed E-state index contributed by atoms with van der Waals surface area (Å²) in [6, 6.07) is 0. The third-order valence-electron chi connectivity index (χ3n) is 9.90. The first-order chi connectivity index (χ1) is 31.8. The van der Waals surface area contributed by atoms with Gasteiger partial charge >= 0.3 is 83.5 Å². The van der Waals surface area contributed by atoms with Crippen molar-refractivity contribution < 1.29 is 156 Å². The van der Waals surface area contributed by atoms with E-state index in [1.165, 1.54) is 0 Å². The highest BCUT2D eigenvalue weighted by Crippen LogP contribution is 2.62. The molecule has 36 heteroatoms. The summed E-state index contributed by atoms with van der Waals surface area (Å²) in [6.07, 6.45) is -28.5. The highest BCUT2D eigenvalue weighted by molar-refractivity contribution is 7.45. The van der Waals surface area contributed by atoms with Gasteiger partial charge in [0, 0.05) is 25.7 Å². The number of carbonyl (C=O) groups excluding carboxylic acids is 2. The van der Waals surface area contributed by atoms with Gasteiger partial charge in [-0.05, 0) is 25.7 Å². The molecule has 2 atom stereocenters. The quantitative estimate of drug-likeness (QED) is 0.0206. The number of quaternary nitrogens is 1. The van der Waals surface area contributed by atoms with Gasteiger partial charge in [-0.15, -0.1) is 0 Å². The zero-order valence-corrected chi connectivity index (χ0v) is 38.2. The molecule has 0 N–H and O–H groups in total. The first-order valence-electron chi connectivity index (χ1n) is 20.5. The molecule has 0 rings (SSSR count). The molecule has 0 radical (unpaired) electrons. The van der Waals surface area contributed by atoms with E-state index in [2.05, 4.69) is 9.05 Å². The maximum atomic E-state index is 14.0. The van der Waals surface area contributed by atoms with E-state index in [-0.39, 0.29) is 49.6 Å². The van der Waals surface area contributed by atoms with Crippen LogP contribution in [0.5, 0.6) is 0 Å². The number of likely N-dealkylation sites (N-methyl/N-ethyl adjacent to an activating group) is 1. The minimum Gasteiger partial charge on any atom is -0.756 e. The van der Waals surface area contributed by atoms with Crippen molar-refractivity contribution in [2.75, 3.05) is 47.5 Å². The van der Waals surface area contributed by atoms with Crippen LogP contribution in [-0.2, 0) is 32.7 Å². The Hall–Kier alpha value is -2.81. The van der Waals surface area contributed by atoms with Gasteiger partial charge in [-0.2, -0.15) is 114 Å². The lowest BCUT2D eigenvalue weighted by atomic mass is 9.91. The third-order valence-corrected chi connectivity index (χ3v) is 10.9. The summed E-state index contributed by atoms with van der Waals surface area (Å²) < 4.78 is 377. The second-order valence-corrected chi connectivity index (χ2v) is 18.3. The molecule has 1 unspecified atom stereocenters. The highest BCUT2D eigenvalue weighted by Gasteiger charge is 2.92. The molecule has 0 aliphatic heterocycles. The van der Waals surface area contributed by atoms with Gasteiger partial charge < -0.3 is 27.9 Å². The average molecular weight is 1150 g/mol. The summed E-state index contributed by atoms with van der Waals surface area (Å²) >= 11 is 0. The monoisotopic (exact) mass is 1150 g/mol. The van der Waals surface area contributed by atoms with Crippen LogP contribution in [0.4, 0.5) is 114 Å². The third kappa shape index (κ3) is 16.8. The number of ether oxygens (including phenoxy) is 2. The maximum absolute atomic E-state index is 14.0. The summed E-state index contributed by atoms with van der Waals surface area (Å²) in [5.41, 5.74) is 0. The number of rotatable bonds is 34. The zero-order valence-electron chi connectivity index (χ0n) is 37.3. The number of hydrogen-bond acceptors (Lipinski definition) is 8. The number of esters is 2. The van der Waals surface area contributed by atoms with Gasteiger partial charge in [0.05, 0.1) is 27.7 Å². The van der Waals surface area contributed by atoms with Crippen LogP contribution in [-0.4, -0.2) is 142 Å². The fraction of sp³-hybridized carbons (Fsp3) is 0.944. The Balaban J connectivity index is 5.36. The zero-order chi connectivity index (χ0) is 57.3. The SMILES string of the molecule is C[N+](C)(C)CCOP(=O)([O-])OC[C@@H](COC(=O)CCCCCCCC(F)(F)C(F)(F)C(F)(F)C(F)(F)C(F)(F)C(F)(F)F)OC(=O)CCCCCCCC(F)(F)C(F)(F)C(F)(F)C(F)(F)C(F)(F)C(F)(F)F. The van der Waals surface area contributed by atoms with E-state index in [4.69, 9.17) is 9.47 Å². The van der Waals surface area contributed by atoms with Crippen molar-refractivity contribution in [3.8, 4) is 0 Å². The molecule has 0 saturated heterocycles. The summed E-state index contributed by atoms with van der Waals surface area (Å²) in [6.45, 7) is -2.45. The maximum Gasteiger partial charge on any atom is 0.460 e. The lowest BCUT2D eigenvalue weighted by Crippen LogP contribution is -2.70. The van der Waals surface area contributed by atoms with Crippen molar-refractivity contribution in [2.45, 2.75) is 168 Å². The molecule has 0 aromatic carbocycles. The van der Waals surface area contributed by atoms with E-state index in [0.717, 1.165) is 0 Å². The number of alkyl halides is 26. The minimum absolute atomic E-state index is 0.100. The molecule has 0 heterocycles. The van der Waals surface area contributed by atoms with Gasteiger partial charge in [-0.1, -0.05) is 38.5 Å². The van der Waals surface area contributed by atoms with Crippen molar-refractivity contribution in [1.82, 2.24) is 0 Å². The molecular weight excluding hydrogens is 1100 g/mol. The molecule has 430 valence electrons. The molecule has 9 nitrogen and oxygen atoms in total. The highest BCUT2D eigenvalue weighted by atomic mass is 31.2. The molecule has 0 spiro atoms. The molecule has 0 aliphatic carbocycles. The smallest absolute Gasteiger partial charge is 0.460 e. The largest absolute Gasteiger partial charge is 0.756 e. The van der Waals surface area contributed by atoms with Crippen LogP contribution in [0.2, 0.25) is 0 Å². The van der Waals surface area contributed by atoms with Gasteiger partial charge in [0.15, 0.2) is 6.10 Å². The van der Waals surface area contributed by atoms with Gasteiger partial charge in [0.25, 0.3) is 7.82 Å². The number of carbonyl (C=O) groups is 2.